The molecule has 2 nitrogen and oxygen atoms in total. The van der Waals surface area contributed by atoms with E-state index in [1.54, 1.807) is 0 Å². The van der Waals surface area contributed by atoms with Gasteiger partial charge in [0.2, 0.25) is 0 Å². The Morgan fingerprint density at radius 1 is 0.722 bits per heavy atom. The Morgan fingerprint density at radius 2 is 1.33 bits per heavy atom. The summed E-state index contributed by atoms with van der Waals surface area (Å²) in [6.07, 6.45) is 11.9. The molecule has 1 unspecified atom stereocenters. The summed E-state index contributed by atoms with van der Waals surface area (Å²) in [6, 6.07) is 0. The van der Waals surface area contributed by atoms with Gasteiger partial charge in [-0.2, -0.15) is 0 Å². The van der Waals surface area contributed by atoms with E-state index in [4.69, 9.17) is 4.74 Å². The Bertz CT molecular complexity index is 306. The van der Waals surface area contributed by atoms with Crippen LogP contribution in [-0.4, -0.2) is 24.3 Å². The molecule has 1 saturated heterocycles. The van der Waals surface area contributed by atoms with Gasteiger partial charge in [0.1, 0.15) is 0 Å². The SMILES string of the molecule is CC1(C)CCCC2(CC1)CNCC1(CCCC1)O2. The molecule has 0 bridgehead atoms. The quantitative estimate of drug-likeness (QED) is 0.709. The van der Waals surface area contributed by atoms with Crippen molar-refractivity contribution in [1.82, 2.24) is 5.32 Å². The summed E-state index contributed by atoms with van der Waals surface area (Å²) in [4.78, 5) is 0. The molecule has 0 amide bonds. The molecule has 2 heteroatoms. The zero-order chi connectivity index (χ0) is 12.7. The van der Waals surface area contributed by atoms with Crippen LogP contribution >= 0.6 is 0 Å². The van der Waals surface area contributed by atoms with E-state index in [-0.39, 0.29) is 11.2 Å². The molecule has 0 aromatic rings. The lowest BCUT2D eigenvalue weighted by Gasteiger charge is -2.47. The second-order valence-electron chi connectivity index (χ2n) is 7.80. The first kappa shape index (κ1) is 12.9. The van der Waals surface area contributed by atoms with Crippen LogP contribution in [0, 0.1) is 5.41 Å². The Balaban J connectivity index is 1.73. The van der Waals surface area contributed by atoms with E-state index in [0.717, 1.165) is 13.1 Å². The Kier molecular flexibility index (Phi) is 3.22. The summed E-state index contributed by atoms with van der Waals surface area (Å²) in [5.74, 6) is 0. The molecule has 3 aliphatic rings. The van der Waals surface area contributed by atoms with Crippen LogP contribution in [0.4, 0.5) is 0 Å². The van der Waals surface area contributed by atoms with Crippen molar-refractivity contribution in [2.24, 2.45) is 5.41 Å². The Labute approximate surface area is 112 Å². The molecule has 3 fully saturated rings. The number of nitrogens with one attached hydrogen (secondary N) is 1. The van der Waals surface area contributed by atoms with Gasteiger partial charge in [0.15, 0.2) is 0 Å². The molecule has 0 aromatic heterocycles. The molecule has 1 atom stereocenters. The molecule has 0 aromatic carbocycles. The normalized spacial score (nSPS) is 39.0. The van der Waals surface area contributed by atoms with Gasteiger partial charge in [0, 0.05) is 13.1 Å². The lowest BCUT2D eigenvalue weighted by Crippen LogP contribution is -2.59. The highest BCUT2D eigenvalue weighted by Crippen LogP contribution is 2.45. The fourth-order valence-corrected chi connectivity index (χ4v) is 4.33. The highest BCUT2D eigenvalue weighted by atomic mass is 16.5. The van der Waals surface area contributed by atoms with Gasteiger partial charge in [-0.1, -0.05) is 33.1 Å². The summed E-state index contributed by atoms with van der Waals surface area (Å²) in [7, 11) is 0. The average molecular weight is 251 g/mol. The fourth-order valence-electron chi connectivity index (χ4n) is 4.33. The van der Waals surface area contributed by atoms with E-state index in [2.05, 4.69) is 19.2 Å². The topological polar surface area (TPSA) is 21.3 Å². The molecule has 104 valence electrons. The monoisotopic (exact) mass is 251 g/mol. The maximum absolute atomic E-state index is 6.77. The predicted octanol–water partition coefficient (Wildman–Crippen LogP) is 3.65. The minimum absolute atomic E-state index is 0.163. The summed E-state index contributed by atoms with van der Waals surface area (Å²) >= 11 is 0. The predicted molar refractivity (Wildman–Crippen MR) is 74.8 cm³/mol. The second-order valence-corrected chi connectivity index (χ2v) is 7.80. The van der Waals surface area contributed by atoms with Gasteiger partial charge in [-0.15, -0.1) is 0 Å². The summed E-state index contributed by atoms with van der Waals surface area (Å²) in [6.45, 7) is 7.03. The van der Waals surface area contributed by atoms with Crippen LogP contribution in [0.3, 0.4) is 0 Å². The second kappa shape index (κ2) is 4.49. The van der Waals surface area contributed by atoms with Crippen molar-refractivity contribution in [3.05, 3.63) is 0 Å². The molecule has 18 heavy (non-hydrogen) atoms. The van der Waals surface area contributed by atoms with E-state index in [1.807, 2.05) is 0 Å². The van der Waals surface area contributed by atoms with Gasteiger partial charge in [0.05, 0.1) is 11.2 Å². The number of hydrogen-bond donors (Lipinski definition) is 1. The van der Waals surface area contributed by atoms with Crippen LogP contribution in [0.1, 0.15) is 71.6 Å². The van der Waals surface area contributed by atoms with Crippen molar-refractivity contribution < 1.29 is 4.74 Å². The van der Waals surface area contributed by atoms with Crippen molar-refractivity contribution in [2.75, 3.05) is 13.1 Å². The smallest absolute Gasteiger partial charge is 0.0814 e. The fraction of sp³-hybridized carbons (Fsp3) is 1.00. The van der Waals surface area contributed by atoms with Crippen LogP contribution in [0.25, 0.3) is 0 Å². The number of ether oxygens (including phenoxy) is 1. The molecular formula is C16H29NO. The molecule has 3 rings (SSSR count). The van der Waals surface area contributed by atoms with Crippen molar-refractivity contribution in [3.63, 3.8) is 0 Å². The Hall–Kier alpha value is -0.0800. The van der Waals surface area contributed by atoms with E-state index in [0.29, 0.717) is 5.41 Å². The zero-order valence-corrected chi connectivity index (χ0v) is 12.2. The molecule has 2 spiro atoms. The zero-order valence-electron chi connectivity index (χ0n) is 12.2. The molecule has 0 radical (unpaired) electrons. The highest BCUT2D eigenvalue weighted by molar-refractivity contribution is 5.00. The highest BCUT2D eigenvalue weighted by Gasteiger charge is 2.47. The first-order valence-corrected chi connectivity index (χ1v) is 7.94. The van der Waals surface area contributed by atoms with Crippen molar-refractivity contribution in [1.29, 1.82) is 0 Å². The van der Waals surface area contributed by atoms with E-state index >= 15 is 0 Å². The molecule has 1 heterocycles. The van der Waals surface area contributed by atoms with Gasteiger partial charge in [0.25, 0.3) is 0 Å². The van der Waals surface area contributed by atoms with Crippen LogP contribution in [0.5, 0.6) is 0 Å². The third-order valence-electron chi connectivity index (χ3n) is 5.59. The van der Waals surface area contributed by atoms with Crippen molar-refractivity contribution in [2.45, 2.75) is 82.8 Å². The van der Waals surface area contributed by atoms with Gasteiger partial charge < -0.3 is 10.1 Å². The number of hydrogen-bond acceptors (Lipinski definition) is 2. The molecule has 2 aliphatic carbocycles. The maximum Gasteiger partial charge on any atom is 0.0814 e. The van der Waals surface area contributed by atoms with E-state index < -0.39 is 0 Å². The number of morpholine rings is 1. The summed E-state index contributed by atoms with van der Waals surface area (Å²) in [5.41, 5.74) is 0.885. The van der Waals surface area contributed by atoms with Gasteiger partial charge in [-0.25, -0.2) is 0 Å². The number of rotatable bonds is 0. The van der Waals surface area contributed by atoms with Crippen LogP contribution < -0.4 is 5.32 Å². The summed E-state index contributed by atoms with van der Waals surface area (Å²) in [5, 5.41) is 3.71. The van der Waals surface area contributed by atoms with Gasteiger partial charge in [-0.3, -0.25) is 0 Å². The molecule has 2 saturated carbocycles. The first-order valence-electron chi connectivity index (χ1n) is 7.94. The molecular weight excluding hydrogens is 222 g/mol. The largest absolute Gasteiger partial charge is 0.366 e. The standard InChI is InChI=1S/C16H29NO/c1-14(2)6-5-9-16(11-10-14)13-17-12-15(18-16)7-3-4-8-15/h17H,3-13H2,1-2H3. The van der Waals surface area contributed by atoms with E-state index in [9.17, 15) is 0 Å². The molecule has 1 N–H and O–H groups in total. The lowest BCUT2D eigenvalue weighted by atomic mass is 9.83. The van der Waals surface area contributed by atoms with Crippen LogP contribution in [0.2, 0.25) is 0 Å². The van der Waals surface area contributed by atoms with Gasteiger partial charge in [-0.05, 0) is 43.9 Å². The van der Waals surface area contributed by atoms with Crippen molar-refractivity contribution >= 4 is 0 Å². The first-order chi connectivity index (χ1) is 8.54. The molecule has 1 aliphatic heterocycles. The van der Waals surface area contributed by atoms with Crippen LogP contribution in [-0.2, 0) is 4.74 Å². The minimum Gasteiger partial charge on any atom is -0.366 e. The third kappa shape index (κ3) is 2.46. The third-order valence-corrected chi connectivity index (χ3v) is 5.59. The Morgan fingerprint density at radius 3 is 2.06 bits per heavy atom. The van der Waals surface area contributed by atoms with Crippen LogP contribution in [0.15, 0.2) is 0 Å². The average Bonchev–Trinajstić information content (AvgIpc) is 2.69. The minimum atomic E-state index is 0.163. The maximum atomic E-state index is 6.77. The van der Waals surface area contributed by atoms with Gasteiger partial charge >= 0.3 is 0 Å². The summed E-state index contributed by atoms with van der Waals surface area (Å²) < 4.78 is 6.77. The van der Waals surface area contributed by atoms with E-state index in [1.165, 1.54) is 57.8 Å². The lowest BCUT2D eigenvalue weighted by molar-refractivity contribution is -0.181. The van der Waals surface area contributed by atoms with Crippen molar-refractivity contribution in [3.8, 4) is 0 Å².